The predicted molar refractivity (Wildman–Crippen MR) is 68.0 cm³/mol. The summed E-state index contributed by atoms with van der Waals surface area (Å²) >= 11 is 1.21. The zero-order chi connectivity index (χ0) is 13.3. The zero-order valence-corrected chi connectivity index (χ0v) is 11.0. The number of thiazole rings is 1. The van der Waals surface area contributed by atoms with E-state index in [-0.39, 0.29) is 11.7 Å². The summed E-state index contributed by atoms with van der Waals surface area (Å²) in [5.74, 6) is -0.455. The van der Waals surface area contributed by atoms with Gasteiger partial charge in [0.1, 0.15) is 5.69 Å². The van der Waals surface area contributed by atoms with Crippen LogP contribution in [-0.2, 0) is 7.05 Å². The average Bonchev–Trinajstić information content (AvgIpc) is 2.87. The first-order valence-electron chi connectivity index (χ1n) is 5.26. The normalized spacial score (nSPS) is 10.4. The Bertz CT molecular complexity index is 595. The van der Waals surface area contributed by atoms with Crippen LogP contribution in [0.2, 0.25) is 0 Å². The molecule has 0 saturated carbocycles. The number of carbonyl (C=O) groups is 2. The lowest BCUT2D eigenvalue weighted by Gasteiger charge is -1.96. The molecular weight excluding hydrogens is 252 g/mol. The molecule has 0 atom stereocenters. The first-order chi connectivity index (χ1) is 8.47. The number of anilines is 1. The van der Waals surface area contributed by atoms with Gasteiger partial charge in [-0.05, 0) is 13.0 Å². The monoisotopic (exact) mass is 264 g/mol. The third-order valence-corrected chi connectivity index (χ3v) is 3.19. The fourth-order valence-corrected chi connectivity index (χ4v) is 2.07. The molecular formula is C11H12N4O2S. The molecule has 0 aliphatic rings. The number of aromatic nitrogens is 3. The molecule has 7 heteroatoms. The van der Waals surface area contributed by atoms with Gasteiger partial charge in [0.2, 0.25) is 0 Å². The number of nitrogens with one attached hydrogen (secondary N) is 1. The van der Waals surface area contributed by atoms with Crippen molar-refractivity contribution in [3.8, 4) is 0 Å². The van der Waals surface area contributed by atoms with Crippen molar-refractivity contribution in [1.82, 2.24) is 14.8 Å². The third kappa shape index (κ3) is 2.45. The second-order valence-corrected chi connectivity index (χ2v) is 4.70. The van der Waals surface area contributed by atoms with E-state index < -0.39 is 0 Å². The summed E-state index contributed by atoms with van der Waals surface area (Å²) in [4.78, 5) is 26.9. The molecule has 0 aromatic carbocycles. The molecule has 1 N–H and O–H groups in total. The molecule has 18 heavy (non-hydrogen) atoms. The van der Waals surface area contributed by atoms with Gasteiger partial charge in [-0.25, -0.2) is 4.98 Å². The lowest BCUT2D eigenvalue weighted by molar-refractivity contribution is 0.100. The van der Waals surface area contributed by atoms with E-state index in [0.29, 0.717) is 16.5 Å². The summed E-state index contributed by atoms with van der Waals surface area (Å²) in [6.45, 7) is 3.30. The van der Waals surface area contributed by atoms with E-state index in [1.54, 1.807) is 23.2 Å². The van der Waals surface area contributed by atoms with Gasteiger partial charge in [0.25, 0.3) is 5.91 Å². The lowest BCUT2D eigenvalue weighted by Crippen LogP contribution is -2.13. The Morgan fingerprint density at radius 2 is 2.11 bits per heavy atom. The Morgan fingerprint density at radius 1 is 1.39 bits per heavy atom. The second-order valence-electron chi connectivity index (χ2n) is 3.84. The minimum Gasteiger partial charge on any atom is -0.296 e. The smallest absolute Gasteiger partial charge is 0.277 e. The molecule has 2 heterocycles. The largest absolute Gasteiger partial charge is 0.296 e. The van der Waals surface area contributed by atoms with Crippen LogP contribution in [0.5, 0.6) is 0 Å². The molecule has 6 nitrogen and oxygen atoms in total. The summed E-state index contributed by atoms with van der Waals surface area (Å²) in [7, 11) is 1.77. The van der Waals surface area contributed by atoms with E-state index >= 15 is 0 Å². The summed E-state index contributed by atoms with van der Waals surface area (Å²) in [5, 5.41) is 8.69. The number of hydrogen-bond donors (Lipinski definition) is 1. The van der Waals surface area contributed by atoms with E-state index in [0.717, 1.165) is 5.69 Å². The van der Waals surface area contributed by atoms with Crippen LogP contribution in [0.25, 0.3) is 0 Å². The highest BCUT2D eigenvalue weighted by Crippen LogP contribution is 2.16. The number of hydrogen-bond acceptors (Lipinski definition) is 5. The van der Waals surface area contributed by atoms with Gasteiger partial charge in [-0.2, -0.15) is 5.10 Å². The number of amides is 1. The molecule has 0 unspecified atom stereocenters. The third-order valence-electron chi connectivity index (χ3n) is 2.43. The highest BCUT2D eigenvalue weighted by molar-refractivity contribution is 7.14. The van der Waals surface area contributed by atoms with Crippen molar-refractivity contribution >= 4 is 28.2 Å². The van der Waals surface area contributed by atoms with Crippen molar-refractivity contribution in [2.45, 2.75) is 13.8 Å². The molecule has 0 aliphatic carbocycles. The van der Waals surface area contributed by atoms with Crippen molar-refractivity contribution < 1.29 is 9.59 Å². The fourth-order valence-electron chi connectivity index (χ4n) is 1.33. The van der Waals surface area contributed by atoms with Crippen LogP contribution in [0.1, 0.15) is 33.6 Å². The molecule has 2 aromatic heterocycles. The van der Waals surface area contributed by atoms with Crippen LogP contribution in [0.4, 0.5) is 5.13 Å². The van der Waals surface area contributed by atoms with E-state index in [1.807, 2.05) is 6.92 Å². The highest BCUT2D eigenvalue weighted by Gasteiger charge is 2.13. The molecule has 0 fully saturated rings. The van der Waals surface area contributed by atoms with Gasteiger partial charge in [0.05, 0.1) is 0 Å². The van der Waals surface area contributed by atoms with Crippen LogP contribution in [0.3, 0.4) is 0 Å². The Morgan fingerprint density at radius 3 is 2.61 bits per heavy atom. The number of ketones is 1. The Hall–Kier alpha value is -2.02. The molecule has 0 radical (unpaired) electrons. The molecule has 0 bridgehead atoms. The Balaban J connectivity index is 2.13. The number of Topliss-reactive ketones (excluding diaryl/α,β-unsaturated/α-hetero) is 1. The van der Waals surface area contributed by atoms with Crippen LogP contribution in [0, 0.1) is 6.92 Å². The summed E-state index contributed by atoms with van der Waals surface area (Å²) in [6.07, 6.45) is 0. The molecule has 94 valence electrons. The van der Waals surface area contributed by atoms with Crippen LogP contribution in [-0.4, -0.2) is 26.5 Å². The maximum atomic E-state index is 11.9. The van der Waals surface area contributed by atoms with Gasteiger partial charge in [-0.15, -0.1) is 11.3 Å². The highest BCUT2D eigenvalue weighted by atomic mass is 32.1. The molecule has 0 spiro atoms. The van der Waals surface area contributed by atoms with Crippen molar-refractivity contribution in [2.75, 3.05) is 5.32 Å². The fraction of sp³-hybridized carbons (Fsp3) is 0.273. The van der Waals surface area contributed by atoms with E-state index in [2.05, 4.69) is 15.4 Å². The van der Waals surface area contributed by atoms with E-state index in [9.17, 15) is 9.59 Å². The zero-order valence-electron chi connectivity index (χ0n) is 10.2. The lowest BCUT2D eigenvalue weighted by atomic mass is 10.3. The SMILES string of the molecule is CC(=O)c1csc(NC(=O)c2cc(C)n(C)n2)n1. The number of carbonyl (C=O) groups excluding carboxylic acids is 2. The maximum absolute atomic E-state index is 11.9. The van der Waals surface area contributed by atoms with Crippen molar-refractivity contribution in [1.29, 1.82) is 0 Å². The summed E-state index contributed by atoms with van der Waals surface area (Å²) in [5.41, 5.74) is 1.57. The summed E-state index contributed by atoms with van der Waals surface area (Å²) < 4.78 is 1.62. The van der Waals surface area contributed by atoms with Gasteiger partial charge in [-0.3, -0.25) is 19.6 Å². The van der Waals surface area contributed by atoms with Crippen molar-refractivity contribution in [3.63, 3.8) is 0 Å². The molecule has 2 rings (SSSR count). The predicted octanol–water partition coefficient (Wildman–Crippen LogP) is 1.64. The van der Waals surface area contributed by atoms with Gasteiger partial charge in [0, 0.05) is 25.0 Å². The Kier molecular flexibility index (Phi) is 3.24. The standard InChI is InChI=1S/C11H12N4O2S/c1-6-4-8(14-15(6)3)10(17)13-11-12-9(5-18-11)7(2)16/h4-5H,1-3H3,(H,12,13,17). The van der Waals surface area contributed by atoms with Crippen molar-refractivity contribution in [3.05, 3.63) is 28.5 Å². The average molecular weight is 264 g/mol. The number of aryl methyl sites for hydroxylation is 2. The molecule has 2 aromatic rings. The number of rotatable bonds is 3. The molecule has 0 aliphatic heterocycles. The minimum absolute atomic E-state index is 0.125. The van der Waals surface area contributed by atoms with Crippen LogP contribution < -0.4 is 5.32 Å². The van der Waals surface area contributed by atoms with Gasteiger partial charge in [0.15, 0.2) is 16.6 Å². The summed E-state index contributed by atoms with van der Waals surface area (Å²) in [6, 6.07) is 1.69. The molecule has 1 amide bonds. The quantitative estimate of drug-likeness (QED) is 0.855. The Labute approximate surface area is 108 Å². The van der Waals surface area contributed by atoms with Crippen LogP contribution in [0.15, 0.2) is 11.4 Å². The second kappa shape index (κ2) is 4.69. The van der Waals surface area contributed by atoms with E-state index in [4.69, 9.17) is 0 Å². The van der Waals surface area contributed by atoms with Gasteiger partial charge >= 0.3 is 0 Å². The van der Waals surface area contributed by atoms with Gasteiger partial charge < -0.3 is 0 Å². The number of nitrogens with zero attached hydrogens (tertiary/aromatic N) is 3. The van der Waals surface area contributed by atoms with Gasteiger partial charge in [-0.1, -0.05) is 0 Å². The first kappa shape index (κ1) is 12.4. The van der Waals surface area contributed by atoms with E-state index in [1.165, 1.54) is 18.3 Å². The molecule has 0 saturated heterocycles. The topological polar surface area (TPSA) is 76.9 Å². The first-order valence-corrected chi connectivity index (χ1v) is 6.14. The maximum Gasteiger partial charge on any atom is 0.277 e. The van der Waals surface area contributed by atoms with Crippen LogP contribution >= 0.6 is 11.3 Å². The van der Waals surface area contributed by atoms with Crippen molar-refractivity contribution in [2.24, 2.45) is 7.05 Å². The minimum atomic E-state index is -0.330.